The molecule has 0 aliphatic heterocycles. The zero-order chi connectivity index (χ0) is 13.7. The second-order valence-corrected chi connectivity index (χ2v) is 5.07. The van der Waals surface area contributed by atoms with E-state index in [0.717, 1.165) is 11.3 Å². The molecule has 2 rings (SSSR count). The summed E-state index contributed by atoms with van der Waals surface area (Å²) in [5.74, 6) is 0.665. The number of hydrogen-bond donors (Lipinski definition) is 1. The third-order valence-corrected chi connectivity index (χ3v) is 3.65. The Balaban J connectivity index is 2.35. The van der Waals surface area contributed by atoms with E-state index in [1.165, 1.54) is 0 Å². The Morgan fingerprint density at radius 2 is 2.05 bits per heavy atom. The van der Waals surface area contributed by atoms with Crippen LogP contribution in [0.25, 0.3) is 11.3 Å². The van der Waals surface area contributed by atoms with Crippen LogP contribution in [0.2, 0.25) is 0 Å². The summed E-state index contributed by atoms with van der Waals surface area (Å²) < 4.78 is 5.90. The van der Waals surface area contributed by atoms with Crippen molar-refractivity contribution in [3.63, 3.8) is 0 Å². The molecule has 1 aromatic heterocycles. The van der Waals surface area contributed by atoms with Crippen LogP contribution < -0.4 is 5.56 Å². The van der Waals surface area contributed by atoms with Crippen LogP contribution in [0, 0.1) is 3.57 Å². The third kappa shape index (κ3) is 3.63. The molecular formula is C14H15IN2O2. The molecule has 1 heterocycles. The molecule has 0 atom stereocenters. The fraction of sp³-hybridized carbons (Fsp3) is 0.286. The molecule has 0 radical (unpaired) electrons. The number of hydrogen-bond acceptors (Lipinski definition) is 3. The Labute approximate surface area is 125 Å². The summed E-state index contributed by atoms with van der Waals surface area (Å²) in [5, 5.41) is 0. The predicted molar refractivity (Wildman–Crippen MR) is 83.2 cm³/mol. The van der Waals surface area contributed by atoms with Crippen LogP contribution in [-0.4, -0.2) is 23.2 Å². The lowest BCUT2D eigenvalue weighted by Gasteiger charge is -2.07. The average Bonchev–Trinajstić information content (AvgIpc) is 2.44. The number of halogens is 1. The van der Waals surface area contributed by atoms with E-state index < -0.39 is 0 Å². The summed E-state index contributed by atoms with van der Waals surface area (Å²) in [6.45, 7) is 3.17. The van der Waals surface area contributed by atoms with Crippen LogP contribution in [-0.2, 0) is 11.2 Å². The van der Waals surface area contributed by atoms with E-state index in [0.29, 0.717) is 29.0 Å². The maximum absolute atomic E-state index is 11.9. The molecule has 0 amide bonds. The molecule has 0 bridgehead atoms. The minimum absolute atomic E-state index is 0.0963. The first kappa shape index (κ1) is 14.2. The Morgan fingerprint density at radius 1 is 1.32 bits per heavy atom. The molecule has 5 heteroatoms. The largest absolute Gasteiger partial charge is 0.381 e. The molecule has 1 aromatic carbocycles. The van der Waals surface area contributed by atoms with Gasteiger partial charge in [0.15, 0.2) is 0 Å². The van der Waals surface area contributed by atoms with Crippen LogP contribution in [0.5, 0.6) is 0 Å². The fourth-order valence-corrected chi connectivity index (χ4v) is 2.29. The minimum atomic E-state index is -0.0963. The maximum atomic E-state index is 11.9. The summed E-state index contributed by atoms with van der Waals surface area (Å²) in [6, 6.07) is 9.73. The average molecular weight is 370 g/mol. The van der Waals surface area contributed by atoms with Gasteiger partial charge in [-0.1, -0.05) is 30.3 Å². The molecule has 4 nitrogen and oxygen atoms in total. The number of benzene rings is 1. The van der Waals surface area contributed by atoms with Crippen molar-refractivity contribution < 1.29 is 4.74 Å². The Hall–Kier alpha value is -1.21. The van der Waals surface area contributed by atoms with Gasteiger partial charge in [0.25, 0.3) is 5.56 Å². The first-order valence-electron chi connectivity index (χ1n) is 6.14. The van der Waals surface area contributed by atoms with Crippen molar-refractivity contribution in [2.24, 2.45) is 0 Å². The lowest BCUT2D eigenvalue weighted by Crippen LogP contribution is -2.17. The molecular weight excluding hydrogens is 355 g/mol. The van der Waals surface area contributed by atoms with Gasteiger partial charge in [-0.15, -0.1) is 0 Å². The number of H-pyrrole nitrogens is 1. The smallest absolute Gasteiger partial charge is 0.264 e. The summed E-state index contributed by atoms with van der Waals surface area (Å²) in [4.78, 5) is 19.2. The highest BCUT2D eigenvalue weighted by Gasteiger charge is 2.10. The van der Waals surface area contributed by atoms with Crippen LogP contribution in [0.15, 0.2) is 35.1 Å². The van der Waals surface area contributed by atoms with Gasteiger partial charge >= 0.3 is 0 Å². The zero-order valence-electron chi connectivity index (χ0n) is 10.6. The molecule has 100 valence electrons. The van der Waals surface area contributed by atoms with Gasteiger partial charge in [-0.3, -0.25) is 4.79 Å². The van der Waals surface area contributed by atoms with E-state index in [-0.39, 0.29) is 5.56 Å². The number of nitrogens with one attached hydrogen (secondary N) is 1. The van der Waals surface area contributed by atoms with Crippen LogP contribution in [0.1, 0.15) is 12.7 Å². The number of ether oxygens (including phenoxy) is 1. The van der Waals surface area contributed by atoms with E-state index in [1.54, 1.807) is 0 Å². The van der Waals surface area contributed by atoms with Gasteiger partial charge < -0.3 is 9.72 Å². The van der Waals surface area contributed by atoms with Crippen molar-refractivity contribution in [2.45, 2.75) is 13.3 Å². The predicted octanol–water partition coefficient (Wildman–Crippen LogP) is 2.62. The Morgan fingerprint density at radius 3 is 2.74 bits per heavy atom. The van der Waals surface area contributed by atoms with Gasteiger partial charge in [-0.2, -0.15) is 0 Å². The van der Waals surface area contributed by atoms with Crippen LogP contribution >= 0.6 is 22.6 Å². The van der Waals surface area contributed by atoms with Crippen LogP contribution in [0.3, 0.4) is 0 Å². The molecule has 0 fully saturated rings. The lowest BCUT2D eigenvalue weighted by atomic mass is 10.1. The van der Waals surface area contributed by atoms with Gasteiger partial charge in [0.1, 0.15) is 9.39 Å². The second kappa shape index (κ2) is 6.81. The van der Waals surface area contributed by atoms with Gasteiger partial charge in [0.05, 0.1) is 12.3 Å². The molecule has 1 N–H and O–H groups in total. The molecule has 2 aromatic rings. The molecule has 0 saturated heterocycles. The lowest BCUT2D eigenvalue weighted by molar-refractivity contribution is 0.149. The topological polar surface area (TPSA) is 55.0 Å². The number of aromatic amines is 1. The molecule has 0 saturated carbocycles. The van der Waals surface area contributed by atoms with Gasteiger partial charge in [-0.25, -0.2) is 4.98 Å². The van der Waals surface area contributed by atoms with Gasteiger partial charge in [-0.05, 0) is 29.5 Å². The normalized spacial score (nSPS) is 10.6. The molecule has 0 unspecified atom stereocenters. The third-order valence-electron chi connectivity index (χ3n) is 2.65. The van der Waals surface area contributed by atoms with E-state index in [2.05, 4.69) is 9.97 Å². The SMILES string of the molecule is CCOCCc1nc(-c2ccccc2)c(I)c(=O)[nH]1. The number of aromatic nitrogens is 2. The second-order valence-electron chi connectivity index (χ2n) is 3.99. The van der Waals surface area contributed by atoms with Crippen molar-refractivity contribution in [1.82, 2.24) is 9.97 Å². The summed E-state index contributed by atoms with van der Waals surface area (Å²) in [7, 11) is 0. The molecule has 0 aliphatic rings. The van der Waals surface area contributed by atoms with E-state index >= 15 is 0 Å². The van der Waals surface area contributed by atoms with E-state index in [1.807, 2.05) is 59.8 Å². The summed E-state index contributed by atoms with van der Waals surface area (Å²) >= 11 is 2.03. The van der Waals surface area contributed by atoms with E-state index in [9.17, 15) is 4.79 Å². The first-order chi connectivity index (χ1) is 9.22. The highest BCUT2D eigenvalue weighted by Crippen LogP contribution is 2.20. The van der Waals surface area contributed by atoms with Crippen molar-refractivity contribution >= 4 is 22.6 Å². The quantitative estimate of drug-likeness (QED) is 0.650. The van der Waals surface area contributed by atoms with E-state index in [4.69, 9.17) is 4.74 Å². The highest BCUT2D eigenvalue weighted by atomic mass is 127. The zero-order valence-corrected chi connectivity index (χ0v) is 12.8. The standard InChI is InChI=1S/C14H15IN2O2/c1-2-19-9-8-11-16-13(12(15)14(18)17-11)10-6-4-3-5-7-10/h3-7H,2,8-9H2,1H3,(H,16,17,18). The molecule has 0 aliphatic carbocycles. The maximum Gasteiger partial charge on any atom is 0.264 e. The Bertz CT molecular complexity index is 596. The van der Waals surface area contributed by atoms with Crippen LogP contribution in [0.4, 0.5) is 0 Å². The van der Waals surface area contributed by atoms with Crippen molar-refractivity contribution in [3.05, 3.63) is 50.1 Å². The summed E-state index contributed by atoms with van der Waals surface area (Å²) in [5.41, 5.74) is 1.59. The van der Waals surface area contributed by atoms with Crippen molar-refractivity contribution in [1.29, 1.82) is 0 Å². The summed E-state index contributed by atoms with van der Waals surface area (Å²) in [6.07, 6.45) is 0.611. The van der Waals surface area contributed by atoms with Crippen molar-refractivity contribution in [2.75, 3.05) is 13.2 Å². The van der Waals surface area contributed by atoms with Gasteiger partial charge in [0.2, 0.25) is 0 Å². The minimum Gasteiger partial charge on any atom is -0.381 e. The highest BCUT2D eigenvalue weighted by molar-refractivity contribution is 14.1. The first-order valence-corrected chi connectivity index (χ1v) is 7.22. The van der Waals surface area contributed by atoms with Crippen molar-refractivity contribution in [3.8, 4) is 11.3 Å². The molecule has 0 spiro atoms. The Kier molecular flexibility index (Phi) is 5.09. The van der Waals surface area contributed by atoms with Gasteiger partial charge in [0, 0.05) is 18.6 Å². The monoisotopic (exact) mass is 370 g/mol. The fourth-order valence-electron chi connectivity index (χ4n) is 1.72. The number of nitrogens with zero attached hydrogens (tertiary/aromatic N) is 1. The molecule has 19 heavy (non-hydrogen) atoms. The number of rotatable bonds is 5.